The van der Waals surface area contributed by atoms with Crippen LogP contribution in [0.5, 0.6) is 0 Å². The van der Waals surface area contributed by atoms with Crippen molar-refractivity contribution in [1.29, 1.82) is 0 Å². The zero-order valence-electron chi connectivity index (χ0n) is 14.2. The van der Waals surface area contributed by atoms with Crippen LogP contribution in [0.15, 0.2) is 30.3 Å². The molecule has 2 N–H and O–H groups in total. The van der Waals surface area contributed by atoms with E-state index in [-0.39, 0.29) is 30.0 Å². The van der Waals surface area contributed by atoms with Crippen LogP contribution < -0.4 is 10.2 Å². The van der Waals surface area contributed by atoms with Gasteiger partial charge in [-0.15, -0.1) is 0 Å². The first kappa shape index (κ1) is 20.0. The van der Waals surface area contributed by atoms with Crippen molar-refractivity contribution in [2.24, 2.45) is 0 Å². The average molecular weight is 352 g/mol. The van der Waals surface area contributed by atoms with Crippen molar-refractivity contribution in [3.8, 4) is 0 Å². The molecule has 0 aromatic heterocycles. The lowest BCUT2D eigenvalue weighted by molar-refractivity contribution is -0.141. The van der Waals surface area contributed by atoms with Crippen LogP contribution in [-0.2, 0) is 14.4 Å². The lowest BCUT2D eigenvalue weighted by Gasteiger charge is -2.27. The van der Waals surface area contributed by atoms with Gasteiger partial charge in [0.1, 0.15) is 6.04 Å². The number of carboxylic acid groups (broad SMARTS) is 1. The molecule has 0 aliphatic carbocycles. The van der Waals surface area contributed by atoms with Gasteiger partial charge < -0.3 is 15.3 Å². The summed E-state index contributed by atoms with van der Waals surface area (Å²) in [4.78, 5) is 36.2. The molecule has 1 aromatic rings. The highest BCUT2D eigenvalue weighted by molar-refractivity contribution is 7.99. The molecule has 6 nitrogen and oxygen atoms in total. The van der Waals surface area contributed by atoms with Crippen LogP contribution in [0.3, 0.4) is 0 Å². The third-order valence-corrected chi connectivity index (χ3v) is 4.25. The quantitative estimate of drug-likeness (QED) is 0.665. The Morgan fingerprint density at radius 2 is 1.83 bits per heavy atom. The van der Waals surface area contributed by atoms with Gasteiger partial charge in [0.2, 0.25) is 11.8 Å². The van der Waals surface area contributed by atoms with Crippen LogP contribution in [0.25, 0.3) is 0 Å². The third kappa shape index (κ3) is 6.62. The molecule has 0 fully saturated rings. The second-order valence-corrected chi connectivity index (χ2v) is 6.73. The molecule has 1 unspecified atom stereocenters. The van der Waals surface area contributed by atoms with Crippen molar-refractivity contribution in [2.45, 2.75) is 39.3 Å². The molecule has 0 aliphatic rings. The number of aliphatic carboxylic acids is 1. The van der Waals surface area contributed by atoms with Gasteiger partial charge >= 0.3 is 5.97 Å². The smallest absolute Gasteiger partial charge is 0.326 e. The number of carbonyl (C=O) groups is 3. The number of benzene rings is 1. The van der Waals surface area contributed by atoms with Crippen LogP contribution in [0, 0.1) is 0 Å². The van der Waals surface area contributed by atoms with Gasteiger partial charge in [0.25, 0.3) is 0 Å². The Labute approximate surface area is 146 Å². The number of nitrogens with one attached hydrogen (secondary N) is 1. The number of hydrogen-bond acceptors (Lipinski definition) is 4. The highest BCUT2D eigenvalue weighted by atomic mass is 32.2. The minimum absolute atomic E-state index is 0.0207. The van der Waals surface area contributed by atoms with Crippen LogP contribution >= 0.6 is 11.8 Å². The fourth-order valence-corrected chi connectivity index (χ4v) is 3.11. The minimum Gasteiger partial charge on any atom is -0.480 e. The number of para-hydroxylation sites is 1. The number of anilines is 1. The summed E-state index contributed by atoms with van der Waals surface area (Å²) in [5.41, 5.74) is 0.847. The first-order valence-electron chi connectivity index (χ1n) is 7.77. The van der Waals surface area contributed by atoms with E-state index in [0.29, 0.717) is 5.75 Å². The molecule has 1 rings (SSSR count). The number of hydrogen-bond donors (Lipinski definition) is 2. The van der Waals surface area contributed by atoms with Crippen molar-refractivity contribution < 1.29 is 19.5 Å². The summed E-state index contributed by atoms with van der Waals surface area (Å²) < 4.78 is 0. The second-order valence-electron chi connectivity index (χ2n) is 5.63. The summed E-state index contributed by atoms with van der Waals surface area (Å²) in [5, 5.41) is 11.4. The molecule has 7 heteroatoms. The van der Waals surface area contributed by atoms with Gasteiger partial charge in [0.05, 0.1) is 5.75 Å². The van der Waals surface area contributed by atoms with E-state index < -0.39 is 12.0 Å². The van der Waals surface area contributed by atoms with E-state index in [4.69, 9.17) is 5.11 Å². The molecule has 0 radical (unpaired) electrons. The molecule has 0 saturated heterocycles. The first-order chi connectivity index (χ1) is 11.3. The third-order valence-electron chi connectivity index (χ3n) is 3.27. The maximum atomic E-state index is 12.5. The van der Waals surface area contributed by atoms with E-state index in [2.05, 4.69) is 5.32 Å². The highest BCUT2D eigenvalue weighted by Gasteiger charge is 2.20. The molecule has 0 spiro atoms. The molecule has 0 aliphatic heterocycles. The van der Waals surface area contributed by atoms with Gasteiger partial charge in [-0.2, -0.15) is 11.8 Å². The fourth-order valence-electron chi connectivity index (χ4n) is 2.25. The summed E-state index contributed by atoms with van der Waals surface area (Å²) in [6.07, 6.45) is 0.278. The van der Waals surface area contributed by atoms with Gasteiger partial charge in [0, 0.05) is 18.7 Å². The average Bonchev–Trinajstić information content (AvgIpc) is 2.50. The molecule has 1 aromatic carbocycles. The van der Waals surface area contributed by atoms with Crippen LogP contribution in [0.4, 0.5) is 5.69 Å². The van der Waals surface area contributed by atoms with Gasteiger partial charge in [-0.05, 0) is 38.2 Å². The summed E-state index contributed by atoms with van der Waals surface area (Å²) in [7, 11) is 0. The monoisotopic (exact) mass is 352 g/mol. The summed E-state index contributed by atoms with van der Waals surface area (Å²) >= 11 is 1.37. The molecule has 0 bridgehead atoms. The predicted octanol–water partition coefficient (Wildman–Crippen LogP) is 2.14. The van der Waals surface area contributed by atoms with Crippen LogP contribution in [0.1, 0.15) is 27.2 Å². The topological polar surface area (TPSA) is 86.7 Å². The number of amides is 2. The van der Waals surface area contributed by atoms with E-state index in [1.807, 2.05) is 44.2 Å². The predicted molar refractivity (Wildman–Crippen MR) is 96.2 cm³/mol. The standard InChI is InChI=1S/C17H24N2O4S/c1-12(2)19(14-7-5-4-6-8-14)16(21)11-24-10-9-15(17(22)23)18-13(3)20/h4-8,12,15H,9-11H2,1-3H3,(H,18,20)(H,22,23). The van der Waals surface area contributed by atoms with E-state index >= 15 is 0 Å². The molecular weight excluding hydrogens is 328 g/mol. The van der Waals surface area contributed by atoms with Crippen molar-refractivity contribution in [2.75, 3.05) is 16.4 Å². The molecular formula is C17H24N2O4S. The van der Waals surface area contributed by atoms with E-state index in [9.17, 15) is 14.4 Å². The summed E-state index contributed by atoms with van der Waals surface area (Å²) in [6.45, 7) is 5.19. The Bertz CT molecular complexity index is 563. The largest absolute Gasteiger partial charge is 0.480 e. The number of thioether (sulfide) groups is 1. The lowest BCUT2D eigenvalue weighted by atomic mass is 10.2. The van der Waals surface area contributed by atoms with E-state index in [1.165, 1.54) is 18.7 Å². The highest BCUT2D eigenvalue weighted by Crippen LogP contribution is 2.18. The molecule has 2 amide bonds. The van der Waals surface area contributed by atoms with Crippen molar-refractivity contribution in [3.05, 3.63) is 30.3 Å². The Morgan fingerprint density at radius 3 is 2.33 bits per heavy atom. The number of nitrogens with zero attached hydrogens (tertiary/aromatic N) is 1. The fraction of sp³-hybridized carbons (Fsp3) is 0.471. The van der Waals surface area contributed by atoms with Crippen LogP contribution in [-0.4, -0.2) is 46.5 Å². The van der Waals surface area contributed by atoms with Gasteiger partial charge in [-0.25, -0.2) is 4.79 Å². The maximum Gasteiger partial charge on any atom is 0.326 e. The normalized spacial score (nSPS) is 11.8. The Balaban J connectivity index is 2.52. The maximum absolute atomic E-state index is 12.5. The van der Waals surface area contributed by atoms with E-state index in [0.717, 1.165) is 5.69 Å². The zero-order valence-corrected chi connectivity index (χ0v) is 15.0. The molecule has 24 heavy (non-hydrogen) atoms. The van der Waals surface area contributed by atoms with Crippen molar-refractivity contribution in [3.63, 3.8) is 0 Å². The minimum atomic E-state index is -1.06. The van der Waals surface area contributed by atoms with Crippen molar-refractivity contribution in [1.82, 2.24) is 5.32 Å². The molecule has 1 atom stereocenters. The Hall–Kier alpha value is -2.02. The lowest BCUT2D eigenvalue weighted by Crippen LogP contribution is -2.40. The second kappa shape index (κ2) is 9.97. The van der Waals surface area contributed by atoms with Gasteiger partial charge in [-0.1, -0.05) is 18.2 Å². The molecule has 0 saturated carbocycles. The van der Waals surface area contributed by atoms with E-state index in [1.54, 1.807) is 4.90 Å². The summed E-state index contributed by atoms with van der Waals surface area (Å²) in [6, 6.07) is 8.56. The molecule has 0 heterocycles. The van der Waals surface area contributed by atoms with Gasteiger partial charge in [-0.3, -0.25) is 9.59 Å². The number of rotatable bonds is 9. The zero-order chi connectivity index (χ0) is 18.1. The number of carboxylic acids is 1. The van der Waals surface area contributed by atoms with Gasteiger partial charge in [0.15, 0.2) is 0 Å². The first-order valence-corrected chi connectivity index (χ1v) is 8.93. The number of carbonyl (C=O) groups excluding carboxylic acids is 2. The SMILES string of the molecule is CC(=O)NC(CCSCC(=O)N(c1ccccc1)C(C)C)C(=O)O. The van der Waals surface area contributed by atoms with Crippen molar-refractivity contribution >= 4 is 35.2 Å². The Kier molecular flexibility index (Phi) is 8.32. The molecule has 132 valence electrons. The Morgan fingerprint density at radius 1 is 1.21 bits per heavy atom. The van der Waals surface area contributed by atoms with Crippen LogP contribution in [0.2, 0.25) is 0 Å². The summed E-state index contributed by atoms with van der Waals surface area (Å²) in [5.74, 6) is -0.722.